The molecule has 0 spiro atoms. The Morgan fingerprint density at radius 2 is 1.78 bits per heavy atom. The number of hydrogen-bond acceptors (Lipinski definition) is 5. The van der Waals surface area contributed by atoms with Crippen molar-refractivity contribution in [2.24, 2.45) is 0 Å². The number of nitrogens with one attached hydrogen (secondary N) is 1. The highest BCUT2D eigenvalue weighted by Gasteiger charge is 2.14. The van der Waals surface area contributed by atoms with E-state index in [2.05, 4.69) is 5.32 Å². The van der Waals surface area contributed by atoms with E-state index < -0.39 is 15.7 Å². The van der Waals surface area contributed by atoms with E-state index in [-0.39, 0.29) is 17.2 Å². The van der Waals surface area contributed by atoms with Crippen molar-refractivity contribution in [3.63, 3.8) is 0 Å². The van der Waals surface area contributed by atoms with Crippen LogP contribution in [0.25, 0.3) is 0 Å². The van der Waals surface area contributed by atoms with E-state index in [4.69, 9.17) is 4.74 Å². The SMILES string of the molecule is CSc1ccc(OCC(=O)Nc2ccccc2S(C)(=O)=O)cc1. The van der Waals surface area contributed by atoms with Crippen LogP contribution in [0.3, 0.4) is 0 Å². The lowest BCUT2D eigenvalue weighted by Crippen LogP contribution is -2.21. The molecule has 0 aliphatic carbocycles. The number of sulfone groups is 1. The number of thioether (sulfide) groups is 1. The number of para-hydroxylation sites is 1. The normalized spacial score (nSPS) is 11.0. The number of carbonyl (C=O) groups is 1. The molecule has 2 aromatic carbocycles. The molecule has 5 nitrogen and oxygen atoms in total. The van der Waals surface area contributed by atoms with Crippen molar-refractivity contribution in [1.29, 1.82) is 0 Å². The van der Waals surface area contributed by atoms with Gasteiger partial charge in [0, 0.05) is 11.2 Å². The average Bonchev–Trinajstić information content (AvgIpc) is 2.53. The Labute approximate surface area is 140 Å². The summed E-state index contributed by atoms with van der Waals surface area (Å²) in [5.74, 6) is 0.157. The first-order valence-corrected chi connectivity index (χ1v) is 9.87. The molecule has 7 heteroatoms. The van der Waals surface area contributed by atoms with E-state index in [1.165, 1.54) is 6.07 Å². The van der Waals surface area contributed by atoms with Gasteiger partial charge in [0.1, 0.15) is 5.75 Å². The van der Waals surface area contributed by atoms with Gasteiger partial charge < -0.3 is 10.1 Å². The molecule has 0 fully saturated rings. The summed E-state index contributed by atoms with van der Waals surface area (Å²) >= 11 is 1.62. The molecule has 0 saturated heterocycles. The second-order valence-corrected chi connectivity index (χ2v) is 7.64. The molecular formula is C16H17NO4S2. The van der Waals surface area contributed by atoms with Gasteiger partial charge in [-0.05, 0) is 42.7 Å². The fourth-order valence-electron chi connectivity index (χ4n) is 1.90. The first kappa shape index (κ1) is 17.4. The number of anilines is 1. The lowest BCUT2D eigenvalue weighted by atomic mass is 10.3. The van der Waals surface area contributed by atoms with Crippen LogP contribution in [0.5, 0.6) is 5.75 Å². The molecule has 122 valence electrons. The van der Waals surface area contributed by atoms with Crippen LogP contribution in [0, 0.1) is 0 Å². The highest BCUT2D eigenvalue weighted by molar-refractivity contribution is 7.98. The van der Waals surface area contributed by atoms with Crippen LogP contribution in [0.2, 0.25) is 0 Å². The smallest absolute Gasteiger partial charge is 0.262 e. The van der Waals surface area contributed by atoms with E-state index >= 15 is 0 Å². The van der Waals surface area contributed by atoms with E-state index in [0.717, 1.165) is 11.2 Å². The highest BCUT2D eigenvalue weighted by atomic mass is 32.2. The lowest BCUT2D eigenvalue weighted by molar-refractivity contribution is -0.118. The lowest BCUT2D eigenvalue weighted by Gasteiger charge is -2.10. The number of benzene rings is 2. The van der Waals surface area contributed by atoms with E-state index in [9.17, 15) is 13.2 Å². The summed E-state index contributed by atoms with van der Waals surface area (Å²) in [6, 6.07) is 13.6. The average molecular weight is 351 g/mol. The minimum Gasteiger partial charge on any atom is -0.484 e. The highest BCUT2D eigenvalue weighted by Crippen LogP contribution is 2.21. The van der Waals surface area contributed by atoms with Gasteiger partial charge in [-0.15, -0.1) is 11.8 Å². The predicted molar refractivity (Wildman–Crippen MR) is 91.9 cm³/mol. The summed E-state index contributed by atoms with van der Waals surface area (Å²) in [6.45, 7) is -0.198. The summed E-state index contributed by atoms with van der Waals surface area (Å²) < 4.78 is 28.8. The van der Waals surface area contributed by atoms with Gasteiger partial charge in [-0.1, -0.05) is 12.1 Å². The standard InChI is InChI=1S/C16H17NO4S2/c1-22-13-9-7-12(8-10-13)21-11-16(18)17-14-5-3-4-6-15(14)23(2,19)20/h3-10H,11H2,1-2H3,(H,17,18). The van der Waals surface area contributed by atoms with E-state index in [0.29, 0.717) is 5.75 Å². The first-order valence-electron chi connectivity index (χ1n) is 6.76. The molecular weight excluding hydrogens is 334 g/mol. The van der Waals surface area contributed by atoms with Crippen LogP contribution in [0.1, 0.15) is 0 Å². The Hall–Kier alpha value is -1.99. The molecule has 0 saturated carbocycles. The van der Waals surface area contributed by atoms with Crippen molar-refractivity contribution < 1.29 is 17.9 Å². The van der Waals surface area contributed by atoms with Crippen LogP contribution in [0.15, 0.2) is 58.3 Å². The van der Waals surface area contributed by atoms with Crippen LogP contribution >= 0.6 is 11.8 Å². The molecule has 0 atom stereocenters. The maximum Gasteiger partial charge on any atom is 0.262 e. The minimum absolute atomic E-state index is 0.0812. The Morgan fingerprint density at radius 1 is 1.13 bits per heavy atom. The third kappa shape index (κ3) is 5.01. The predicted octanol–water partition coefficient (Wildman–Crippen LogP) is 2.83. The summed E-state index contributed by atoms with van der Waals surface area (Å²) in [4.78, 5) is 13.1. The van der Waals surface area contributed by atoms with Gasteiger partial charge >= 0.3 is 0 Å². The fourth-order valence-corrected chi connectivity index (χ4v) is 3.15. The van der Waals surface area contributed by atoms with Crippen LogP contribution in [0.4, 0.5) is 5.69 Å². The topological polar surface area (TPSA) is 72.5 Å². The summed E-state index contributed by atoms with van der Waals surface area (Å²) in [7, 11) is -3.41. The van der Waals surface area contributed by atoms with Crippen molar-refractivity contribution in [2.45, 2.75) is 9.79 Å². The Balaban J connectivity index is 2.00. The van der Waals surface area contributed by atoms with Crippen molar-refractivity contribution in [2.75, 3.05) is 24.4 Å². The van der Waals surface area contributed by atoms with Gasteiger partial charge in [0.2, 0.25) is 0 Å². The Morgan fingerprint density at radius 3 is 2.39 bits per heavy atom. The fraction of sp³-hybridized carbons (Fsp3) is 0.188. The number of ether oxygens (including phenoxy) is 1. The number of amides is 1. The second kappa shape index (κ2) is 7.52. The van der Waals surface area contributed by atoms with Crippen molar-refractivity contribution >= 4 is 33.2 Å². The van der Waals surface area contributed by atoms with E-state index in [1.807, 2.05) is 18.4 Å². The molecule has 2 aromatic rings. The zero-order chi connectivity index (χ0) is 16.9. The molecule has 1 N–H and O–H groups in total. The monoisotopic (exact) mass is 351 g/mol. The molecule has 0 heterocycles. The number of carbonyl (C=O) groups excluding carboxylic acids is 1. The molecule has 0 unspecified atom stereocenters. The third-order valence-electron chi connectivity index (χ3n) is 2.99. The van der Waals surface area contributed by atoms with Gasteiger partial charge in [-0.25, -0.2) is 8.42 Å². The zero-order valence-corrected chi connectivity index (χ0v) is 14.4. The van der Waals surface area contributed by atoms with Gasteiger partial charge in [-0.3, -0.25) is 4.79 Å². The zero-order valence-electron chi connectivity index (χ0n) is 12.8. The van der Waals surface area contributed by atoms with Crippen LogP contribution in [-0.2, 0) is 14.6 Å². The van der Waals surface area contributed by atoms with Gasteiger partial charge in [-0.2, -0.15) is 0 Å². The maximum absolute atomic E-state index is 12.0. The summed E-state index contributed by atoms with van der Waals surface area (Å²) in [5, 5.41) is 2.56. The molecule has 2 rings (SSSR count). The van der Waals surface area contributed by atoms with Crippen molar-refractivity contribution in [3.8, 4) is 5.75 Å². The molecule has 0 radical (unpaired) electrons. The quantitative estimate of drug-likeness (QED) is 0.810. The van der Waals surface area contributed by atoms with Gasteiger partial charge in [0.05, 0.1) is 10.6 Å². The molecule has 1 amide bonds. The second-order valence-electron chi connectivity index (χ2n) is 4.78. The molecule has 0 aliphatic rings. The Kier molecular flexibility index (Phi) is 5.68. The summed E-state index contributed by atoms with van der Waals surface area (Å²) in [6.07, 6.45) is 3.07. The molecule has 0 aromatic heterocycles. The minimum atomic E-state index is -3.41. The molecule has 23 heavy (non-hydrogen) atoms. The first-order chi connectivity index (χ1) is 10.9. The molecule has 0 aliphatic heterocycles. The largest absolute Gasteiger partial charge is 0.484 e. The number of hydrogen-bond donors (Lipinski definition) is 1. The number of rotatable bonds is 6. The van der Waals surface area contributed by atoms with Crippen molar-refractivity contribution in [1.82, 2.24) is 0 Å². The van der Waals surface area contributed by atoms with Crippen molar-refractivity contribution in [3.05, 3.63) is 48.5 Å². The third-order valence-corrected chi connectivity index (χ3v) is 4.89. The Bertz CT molecular complexity index is 786. The van der Waals surface area contributed by atoms with Crippen LogP contribution < -0.4 is 10.1 Å². The van der Waals surface area contributed by atoms with E-state index in [1.54, 1.807) is 42.1 Å². The summed E-state index contributed by atoms with van der Waals surface area (Å²) in [5.41, 5.74) is 0.251. The maximum atomic E-state index is 12.0. The van der Waals surface area contributed by atoms with Gasteiger partial charge in [0.25, 0.3) is 5.91 Å². The van der Waals surface area contributed by atoms with Crippen LogP contribution in [-0.4, -0.2) is 33.4 Å². The molecule has 0 bridgehead atoms. The van der Waals surface area contributed by atoms with Gasteiger partial charge in [0.15, 0.2) is 16.4 Å².